The summed E-state index contributed by atoms with van der Waals surface area (Å²) >= 11 is 0. The van der Waals surface area contributed by atoms with Gasteiger partial charge in [-0.25, -0.2) is 0 Å². The minimum absolute atomic E-state index is 0.0444. The van der Waals surface area contributed by atoms with Gasteiger partial charge in [0.1, 0.15) is 0 Å². The van der Waals surface area contributed by atoms with E-state index < -0.39 is 4.92 Å². The predicted octanol–water partition coefficient (Wildman–Crippen LogP) is 3.18. The Hall–Kier alpha value is -2.56. The molecule has 0 unspecified atom stereocenters. The Balaban J connectivity index is 2.10. The van der Waals surface area contributed by atoms with E-state index in [0.717, 1.165) is 29.7 Å². The Morgan fingerprint density at radius 1 is 1.10 bits per heavy atom. The molecule has 2 aromatic rings. The van der Waals surface area contributed by atoms with Crippen LogP contribution in [0.5, 0.6) is 0 Å². The minimum Gasteiger partial charge on any atom is -0.294 e. The Morgan fingerprint density at radius 2 is 1.85 bits per heavy atom. The number of carbonyl (C=O) groups is 1. The van der Waals surface area contributed by atoms with Crippen LogP contribution in [0.4, 0.5) is 5.69 Å². The van der Waals surface area contributed by atoms with Crippen molar-refractivity contribution in [3.63, 3.8) is 0 Å². The summed E-state index contributed by atoms with van der Waals surface area (Å²) in [5.74, 6) is 0.104. The van der Waals surface area contributed by atoms with Gasteiger partial charge in [0.15, 0.2) is 5.78 Å². The molecule has 0 N–H and O–H groups in total. The highest BCUT2D eigenvalue weighted by molar-refractivity contribution is 6.04. The van der Waals surface area contributed by atoms with E-state index in [4.69, 9.17) is 0 Å². The number of fused-ring (bicyclic) bond motifs is 1. The summed E-state index contributed by atoms with van der Waals surface area (Å²) in [5.41, 5.74) is 3.17. The molecule has 0 bridgehead atoms. The summed E-state index contributed by atoms with van der Waals surface area (Å²) in [6.45, 7) is 0. The van der Waals surface area contributed by atoms with Gasteiger partial charge in [-0.2, -0.15) is 0 Å². The van der Waals surface area contributed by atoms with Crippen molar-refractivity contribution in [3.8, 4) is 11.1 Å². The average molecular weight is 268 g/mol. The molecular weight excluding hydrogens is 256 g/mol. The van der Waals surface area contributed by atoms with E-state index in [0.29, 0.717) is 12.0 Å². The second kappa shape index (κ2) is 4.85. The predicted molar refractivity (Wildman–Crippen MR) is 73.6 cm³/mol. The third kappa shape index (κ3) is 2.07. The normalized spacial score (nSPS) is 13.9. The maximum absolute atomic E-state index is 12.1. The number of hydrogen-bond donors (Lipinski definition) is 0. The molecule has 1 aliphatic carbocycles. The fraction of sp³-hybridized carbons (Fsp3) is 0.200. The number of hydrogen-bond acceptors (Lipinski definition) is 4. The van der Waals surface area contributed by atoms with Crippen molar-refractivity contribution in [1.82, 2.24) is 4.98 Å². The molecule has 1 aromatic heterocycles. The molecule has 0 radical (unpaired) electrons. The van der Waals surface area contributed by atoms with Crippen LogP contribution in [0.15, 0.2) is 36.5 Å². The standard InChI is InChI=1S/C15H12N2O3/c18-14-3-1-2-13-15(14)12(8-9-16-13)10-4-6-11(7-5-10)17(19)20/h4-9H,1-3H2. The second-order valence-electron chi connectivity index (χ2n) is 4.76. The highest BCUT2D eigenvalue weighted by atomic mass is 16.6. The van der Waals surface area contributed by atoms with E-state index >= 15 is 0 Å². The molecule has 5 nitrogen and oxygen atoms in total. The highest BCUT2D eigenvalue weighted by Crippen LogP contribution is 2.31. The van der Waals surface area contributed by atoms with Crippen molar-refractivity contribution in [1.29, 1.82) is 0 Å². The molecule has 0 fully saturated rings. The zero-order chi connectivity index (χ0) is 14.1. The van der Waals surface area contributed by atoms with Crippen LogP contribution in [0.2, 0.25) is 0 Å². The van der Waals surface area contributed by atoms with Crippen molar-refractivity contribution in [2.45, 2.75) is 19.3 Å². The quantitative estimate of drug-likeness (QED) is 0.619. The van der Waals surface area contributed by atoms with Gasteiger partial charge in [0.2, 0.25) is 0 Å². The smallest absolute Gasteiger partial charge is 0.269 e. The molecule has 1 heterocycles. The van der Waals surface area contributed by atoms with Gasteiger partial charge in [-0.1, -0.05) is 0 Å². The maximum Gasteiger partial charge on any atom is 0.269 e. The number of aryl methyl sites for hydroxylation is 1. The van der Waals surface area contributed by atoms with Gasteiger partial charge in [-0.15, -0.1) is 0 Å². The van der Waals surface area contributed by atoms with Crippen molar-refractivity contribution < 1.29 is 9.72 Å². The number of nitro benzene ring substituents is 1. The Morgan fingerprint density at radius 3 is 2.55 bits per heavy atom. The SMILES string of the molecule is O=C1CCCc2nccc(-c3ccc([N+](=O)[O-])cc3)c21. The van der Waals surface area contributed by atoms with Gasteiger partial charge in [-0.05, 0) is 42.2 Å². The van der Waals surface area contributed by atoms with Gasteiger partial charge in [-0.3, -0.25) is 19.9 Å². The molecule has 1 aromatic carbocycles. The first-order valence-corrected chi connectivity index (χ1v) is 6.43. The number of aromatic nitrogens is 1. The monoisotopic (exact) mass is 268 g/mol. The van der Waals surface area contributed by atoms with E-state index in [9.17, 15) is 14.9 Å². The summed E-state index contributed by atoms with van der Waals surface area (Å²) in [4.78, 5) is 26.6. The lowest BCUT2D eigenvalue weighted by Crippen LogP contribution is -2.13. The molecule has 20 heavy (non-hydrogen) atoms. The maximum atomic E-state index is 12.1. The van der Waals surface area contributed by atoms with E-state index in [1.165, 1.54) is 12.1 Å². The number of pyridine rings is 1. The Labute approximate surface area is 115 Å². The first-order valence-electron chi connectivity index (χ1n) is 6.43. The molecule has 0 aliphatic heterocycles. The first-order chi connectivity index (χ1) is 9.66. The lowest BCUT2D eigenvalue weighted by molar-refractivity contribution is -0.384. The van der Waals surface area contributed by atoms with Crippen molar-refractivity contribution >= 4 is 11.5 Å². The van der Waals surface area contributed by atoms with E-state index in [2.05, 4.69) is 4.98 Å². The number of rotatable bonds is 2. The summed E-state index contributed by atoms with van der Waals surface area (Å²) in [7, 11) is 0. The first kappa shape index (κ1) is 12.5. The molecule has 1 aliphatic rings. The fourth-order valence-corrected chi connectivity index (χ4v) is 2.55. The van der Waals surface area contributed by atoms with Gasteiger partial charge in [0.25, 0.3) is 5.69 Å². The third-order valence-corrected chi connectivity index (χ3v) is 3.51. The zero-order valence-corrected chi connectivity index (χ0v) is 10.7. The average Bonchev–Trinajstić information content (AvgIpc) is 2.47. The van der Waals surface area contributed by atoms with Crippen LogP contribution in [0.3, 0.4) is 0 Å². The molecule has 0 saturated heterocycles. The van der Waals surface area contributed by atoms with E-state index in [1.807, 2.05) is 0 Å². The number of carbonyl (C=O) groups excluding carboxylic acids is 1. The Bertz CT molecular complexity index is 693. The zero-order valence-electron chi connectivity index (χ0n) is 10.7. The number of benzene rings is 1. The van der Waals surface area contributed by atoms with Crippen LogP contribution in [-0.4, -0.2) is 15.7 Å². The van der Waals surface area contributed by atoms with E-state index in [1.54, 1.807) is 24.4 Å². The van der Waals surface area contributed by atoms with Crippen LogP contribution in [0, 0.1) is 10.1 Å². The lowest BCUT2D eigenvalue weighted by atomic mass is 9.88. The topological polar surface area (TPSA) is 73.1 Å². The lowest BCUT2D eigenvalue weighted by Gasteiger charge is -2.17. The Kier molecular flexibility index (Phi) is 3.02. The number of nitrogens with zero attached hydrogens (tertiary/aromatic N) is 2. The number of ketones is 1. The molecule has 3 rings (SSSR count). The number of nitro groups is 1. The van der Waals surface area contributed by atoms with Crippen LogP contribution >= 0.6 is 0 Å². The molecule has 0 saturated carbocycles. The molecule has 0 atom stereocenters. The highest BCUT2D eigenvalue weighted by Gasteiger charge is 2.22. The van der Waals surface area contributed by atoms with E-state index in [-0.39, 0.29) is 11.5 Å². The van der Waals surface area contributed by atoms with Crippen LogP contribution in [0.1, 0.15) is 28.9 Å². The third-order valence-electron chi connectivity index (χ3n) is 3.51. The van der Waals surface area contributed by atoms with Crippen LogP contribution in [-0.2, 0) is 6.42 Å². The molecule has 100 valence electrons. The summed E-state index contributed by atoms with van der Waals surface area (Å²) < 4.78 is 0. The number of Topliss-reactive ketones (excluding diaryl/α,β-unsaturated/α-hetero) is 1. The fourth-order valence-electron chi connectivity index (χ4n) is 2.55. The summed E-state index contributed by atoms with van der Waals surface area (Å²) in [6, 6.07) is 8.05. The molecule has 0 amide bonds. The van der Waals surface area contributed by atoms with Gasteiger partial charge < -0.3 is 0 Å². The van der Waals surface area contributed by atoms with Crippen LogP contribution in [0.25, 0.3) is 11.1 Å². The van der Waals surface area contributed by atoms with Gasteiger partial charge in [0, 0.05) is 30.3 Å². The molecular formula is C15H12N2O3. The second-order valence-corrected chi connectivity index (χ2v) is 4.76. The van der Waals surface area contributed by atoms with Crippen LogP contribution < -0.4 is 0 Å². The van der Waals surface area contributed by atoms with Crippen molar-refractivity contribution in [2.24, 2.45) is 0 Å². The van der Waals surface area contributed by atoms with Crippen molar-refractivity contribution in [2.75, 3.05) is 0 Å². The minimum atomic E-state index is -0.434. The van der Waals surface area contributed by atoms with Gasteiger partial charge >= 0.3 is 0 Å². The summed E-state index contributed by atoms with van der Waals surface area (Å²) in [6.07, 6.45) is 3.87. The summed E-state index contributed by atoms with van der Waals surface area (Å²) in [5, 5.41) is 10.7. The largest absolute Gasteiger partial charge is 0.294 e. The molecule has 5 heteroatoms. The molecule has 0 spiro atoms. The number of non-ortho nitro benzene ring substituents is 1. The van der Waals surface area contributed by atoms with Gasteiger partial charge in [0.05, 0.1) is 10.6 Å². The van der Waals surface area contributed by atoms with Crippen molar-refractivity contribution in [3.05, 3.63) is 57.9 Å².